The van der Waals surface area contributed by atoms with Crippen molar-refractivity contribution in [3.8, 4) is 0 Å². The number of nitrogens with one attached hydrogen (secondary N) is 1. The van der Waals surface area contributed by atoms with Gasteiger partial charge in [0.15, 0.2) is 5.78 Å². The van der Waals surface area contributed by atoms with Gasteiger partial charge in [0.1, 0.15) is 5.82 Å². The zero-order chi connectivity index (χ0) is 22.8. The Morgan fingerprint density at radius 1 is 1.03 bits per heavy atom. The van der Waals surface area contributed by atoms with E-state index < -0.39 is 12.0 Å². The van der Waals surface area contributed by atoms with Gasteiger partial charge in [0, 0.05) is 23.3 Å². The Labute approximate surface area is 187 Å². The number of benzene rings is 2. The molecule has 2 aromatic rings. The van der Waals surface area contributed by atoms with E-state index >= 15 is 0 Å². The SMILES string of the molecule is CCOC(=O)C1=C(C)NC2=C(C(=O)c3ccc(C)cc3)CCC(=O)N2C1c1ccccc1. The van der Waals surface area contributed by atoms with Crippen molar-refractivity contribution in [3.05, 3.63) is 94.0 Å². The van der Waals surface area contributed by atoms with Gasteiger partial charge in [0.05, 0.1) is 18.2 Å². The first-order chi connectivity index (χ1) is 15.4. The zero-order valence-corrected chi connectivity index (χ0v) is 18.5. The molecule has 6 nitrogen and oxygen atoms in total. The second kappa shape index (κ2) is 8.83. The van der Waals surface area contributed by atoms with Crippen molar-refractivity contribution < 1.29 is 19.1 Å². The van der Waals surface area contributed by atoms with Gasteiger partial charge in [-0.3, -0.25) is 14.5 Å². The number of hydrogen-bond donors (Lipinski definition) is 1. The molecule has 0 radical (unpaired) electrons. The van der Waals surface area contributed by atoms with E-state index in [1.54, 1.807) is 30.9 Å². The molecule has 2 aliphatic heterocycles. The Kier molecular flexibility index (Phi) is 5.95. The molecule has 0 spiro atoms. The minimum Gasteiger partial charge on any atom is -0.463 e. The van der Waals surface area contributed by atoms with Gasteiger partial charge >= 0.3 is 5.97 Å². The minimum absolute atomic E-state index is 0.121. The van der Waals surface area contributed by atoms with Gasteiger partial charge in [-0.15, -0.1) is 0 Å². The molecule has 1 N–H and O–H groups in total. The number of esters is 1. The minimum atomic E-state index is -0.667. The highest BCUT2D eigenvalue weighted by Crippen LogP contribution is 2.41. The van der Waals surface area contributed by atoms with E-state index in [-0.39, 0.29) is 24.7 Å². The summed E-state index contributed by atoms with van der Waals surface area (Å²) in [7, 11) is 0. The summed E-state index contributed by atoms with van der Waals surface area (Å²) in [6.07, 6.45) is 0.532. The van der Waals surface area contributed by atoms with Crippen molar-refractivity contribution in [2.24, 2.45) is 0 Å². The first-order valence-corrected chi connectivity index (χ1v) is 10.8. The fourth-order valence-corrected chi connectivity index (χ4v) is 4.25. The maximum Gasteiger partial charge on any atom is 0.338 e. The fourth-order valence-electron chi connectivity index (χ4n) is 4.25. The Bertz CT molecular complexity index is 1130. The average molecular weight is 431 g/mol. The van der Waals surface area contributed by atoms with Crippen molar-refractivity contribution >= 4 is 17.7 Å². The lowest BCUT2D eigenvalue weighted by Crippen LogP contribution is -2.49. The third kappa shape index (κ3) is 3.84. The molecule has 32 heavy (non-hydrogen) atoms. The van der Waals surface area contributed by atoms with E-state index in [4.69, 9.17) is 4.74 Å². The van der Waals surface area contributed by atoms with Crippen LogP contribution in [0.5, 0.6) is 0 Å². The molecule has 0 aliphatic carbocycles. The van der Waals surface area contributed by atoms with Crippen LogP contribution in [0.15, 0.2) is 77.3 Å². The second-order valence-electron chi connectivity index (χ2n) is 7.98. The topological polar surface area (TPSA) is 75.7 Å². The molecule has 0 bridgehead atoms. The molecule has 0 aromatic heterocycles. The Morgan fingerprint density at radius 2 is 1.72 bits per heavy atom. The van der Waals surface area contributed by atoms with E-state index in [9.17, 15) is 14.4 Å². The van der Waals surface area contributed by atoms with Crippen LogP contribution in [0, 0.1) is 6.92 Å². The number of nitrogens with zero attached hydrogens (tertiary/aromatic N) is 1. The van der Waals surface area contributed by atoms with Crippen LogP contribution in [-0.4, -0.2) is 29.2 Å². The number of ketones is 1. The number of hydrogen-bond acceptors (Lipinski definition) is 5. The van der Waals surface area contributed by atoms with E-state index in [0.29, 0.717) is 34.6 Å². The molecule has 0 saturated carbocycles. The van der Waals surface area contributed by atoms with Crippen LogP contribution in [0.1, 0.15) is 54.2 Å². The molecule has 2 aliphatic rings. The van der Waals surface area contributed by atoms with E-state index in [2.05, 4.69) is 5.32 Å². The number of carbonyl (C=O) groups excluding carboxylic acids is 3. The van der Waals surface area contributed by atoms with Gasteiger partial charge in [-0.25, -0.2) is 4.79 Å². The third-order valence-electron chi connectivity index (χ3n) is 5.82. The van der Waals surface area contributed by atoms with Gasteiger partial charge in [-0.2, -0.15) is 0 Å². The number of ether oxygens (including phenoxy) is 1. The number of allylic oxidation sites excluding steroid dienone is 2. The fraction of sp³-hybridized carbons (Fsp3) is 0.269. The van der Waals surface area contributed by atoms with Gasteiger partial charge in [-0.05, 0) is 32.8 Å². The van der Waals surface area contributed by atoms with Crippen LogP contribution in [-0.2, 0) is 14.3 Å². The quantitative estimate of drug-likeness (QED) is 0.569. The van der Waals surface area contributed by atoms with Crippen LogP contribution < -0.4 is 5.32 Å². The zero-order valence-electron chi connectivity index (χ0n) is 18.5. The van der Waals surface area contributed by atoms with Crippen LogP contribution in [0.25, 0.3) is 0 Å². The lowest BCUT2D eigenvalue weighted by molar-refractivity contribution is -0.140. The second-order valence-corrected chi connectivity index (χ2v) is 7.98. The van der Waals surface area contributed by atoms with E-state index in [1.807, 2.05) is 49.4 Å². The predicted molar refractivity (Wildman–Crippen MR) is 120 cm³/mol. The van der Waals surface area contributed by atoms with Gasteiger partial charge in [0.2, 0.25) is 5.91 Å². The Hall–Kier alpha value is -3.67. The molecule has 4 rings (SSSR count). The molecule has 1 amide bonds. The average Bonchev–Trinajstić information content (AvgIpc) is 2.79. The van der Waals surface area contributed by atoms with Crippen molar-refractivity contribution in [1.29, 1.82) is 0 Å². The summed E-state index contributed by atoms with van der Waals surface area (Å²) < 4.78 is 5.32. The summed E-state index contributed by atoms with van der Waals surface area (Å²) in [6, 6.07) is 16.1. The third-order valence-corrected chi connectivity index (χ3v) is 5.82. The highest BCUT2D eigenvalue weighted by atomic mass is 16.5. The normalized spacial score (nSPS) is 18.3. The summed E-state index contributed by atoms with van der Waals surface area (Å²) in [5.74, 6) is -0.290. The van der Waals surface area contributed by atoms with Crippen molar-refractivity contribution in [3.63, 3.8) is 0 Å². The molecule has 2 heterocycles. The highest BCUT2D eigenvalue weighted by molar-refractivity contribution is 6.10. The number of Topliss-reactive ketones (excluding diaryl/α,β-unsaturated/α-hetero) is 1. The number of rotatable bonds is 5. The van der Waals surface area contributed by atoms with Crippen LogP contribution in [0.3, 0.4) is 0 Å². The summed E-state index contributed by atoms with van der Waals surface area (Å²) >= 11 is 0. The van der Waals surface area contributed by atoms with E-state index in [0.717, 1.165) is 11.1 Å². The number of aryl methyl sites for hydroxylation is 1. The van der Waals surface area contributed by atoms with Gasteiger partial charge in [0.25, 0.3) is 0 Å². The molecule has 6 heteroatoms. The smallest absolute Gasteiger partial charge is 0.338 e. The number of carbonyl (C=O) groups is 3. The number of fused-ring (bicyclic) bond motifs is 1. The van der Waals surface area contributed by atoms with Crippen LogP contribution >= 0.6 is 0 Å². The van der Waals surface area contributed by atoms with Gasteiger partial charge in [-0.1, -0.05) is 60.2 Å². The summed E-state index contributed by atoms with van der Waals surface area (Å²) in [6.45, 7) is 5.72. The largest absolute Gasteiger partial charge is 0.463 e. The van der Waals surface area contributed by atoms with Crippen molar-refractivity contribution in [2.75, 3.05) is 6.61 Å². The monoisotopic (exact) mass is 430 g/mol. The molecule has 0 fully saturated rings. The molecule has 1 atom stereocenters. The van der Waals surface area contributed by atoms with E-state index in [1.165, 1.54) is 0 Å². The highest BCUT2D eigenvalue weighted by Gasteiger charge is 2.43. The maximum absolute atomic E-state index is 13.4. The standard InChI is InChI=1S/C26H26N2O4/c1-4-32-26(31)22-17(3)27-25-20(24(30)19-12-10-16(2)11-13-19)14-15-21(29)28(25)23(22)18-8-6-5-7-9-18/h5-13,23,27H,4,14-15H2,1-3H3. The summed E-state index contributed by atoms with van der Waals surface area (Å²) in [4.78, 5) is 41.0. The van der Waals surface area contributed by atoms with Crippen LogP contribution in [0.4, 0.5) is 0 Å². The maximum atomic E-state index is 13.4. The lowest BCUT2D eigenvalue weighted by atomic mass is 9.88. The lowest BCUT2D eigenvalue weighted by Gasteiger charge is -2.43. The van der Waals surface area contributed by atoms with Crippen molar-refractivity contribution in [2.45, 2.75) is 39.7 Å². The molecule has 164 valence electrons. The van der Waals surface area contributed by atoms with Crippen molar-refractivity contribution in [1.82, 2.24) is 10.2 Å². The summed E-state index contributed by atoms with van der Waals surface area (Å²) in [5.41, 5.74) is 3.91. The van der Waals surface area contributed by atoms with Gasteiger partial charge < -0.3 is 10.1 Å². The molecule has 2 aromatic carbocycles. The predicted octanol–water partition coefficient (Wildman–Crippen LogP) is 4.19. The molecule has 0 saturated heterocycles. The van der Waals surface area contributed by atoms with Crippen LogP contribution in [0.2, 0.25) is 0 Å². The Morgan fingerprint density at radius 3 is 2.38 bits per heavy atom. The first-order valence-electron chi connectivity index (χ1n) is 10.8. The summed E-state index contributed by atoms with van der Waals surface area (Å²) in [5, 5.41) is 3.19. The Balaban J connectivity index is 1.88. The molecular weight excluding hydrogens is 404 g/mol. The first kappa shape index (κ1) is 21.6. The molecular formula is C26H26N2O4. The number of amides is 1. The molecule has 1 unspecified atom stereocenters.